The Kier molecular flexibility index (Phi) is 5.32. The molecule has 0 fully saturated rings. The van der Waals surface area contributed by atoms with E-state index in [9.17, 15) is 22.5 Å². The molecule has 1 N–H and O–H groups in total. The van der Waals surface area contributed by atoms with E-state index in [4.69, 9.17) is 4.74 Å². The van der Waals surface area contributed by atoms with Crippen molar-refractivity contribution >= 4 is 33.6 Å². The van der Waals surface area contributed by atoms with Gasteiger partial charge in [0.1, 0.15) is 28.9 Å². The van der Waals surface area contributed by atoms with Gasteiger partial charge < -0.3 is 9.64 Å². The van der Waals surface area contributed by atoms with Gasteiger partial charge in [0.15, 0.2) is 17.4 Å². The van der Waals surface area contributed by atoms with Crippen LogP contribution >= 0.6 is 0 Å². The molecule has 2 aromatic rings. The van der Waals surface area contributed by atoms with Crippen molar-refractivity contribution in [1.82, 2.24) is 4.90 Å². The van der Waals surface area contributed by atoms with Crippen LogP contribution in [0.1, 0.15) is 24.5 Å². The third kappa shape index (κ3) is 3.94. The fraction of sp³-hybridized carbons (Fsp3) is 0.250. The van der Waals surface area contributed by atoms with Crippen LogP contribution in [0.25, 0.3) is 0 Å². The molecule has 2 aliphatic heterocycles. The standard InChI is InChI=1S/C20H17F2N5O3S/c1-2-7-31(28,29)26-18-14(10-23)19(16(22)9-15(18)21)30-12-3-4-17-13(8-12)20-24-5-6-27(20)11-25-17/h3-4,8-9,11,26H,2,5-7H2,1H3. The van der Waals surface area contributed by atoms with Crippen LogP contribution in [0.4, 0.5) is 20.2 Å². The van der Waals surface area contributed by atoms with Gasteiger partial charge in [-0.05, 0) is 24.6 Å². The summed E-state index contributed by atoms with van der Waals surface area (Å²) in [6, 6.07) is 6.88. The van der Waals surface area contributed by atoms with Gasteiger partial charge in [0, 0.05) is 18.2 Å². The lowest BCUT2D eigenvalue weighted by Gasteiger charge is -2.21. The van der Waals surface area contributed by atoms with Gasteiger partial charge in [0.25, 0.3) is 0 Å². The van der Waals surface area contributed by atoms with E-state index in [2.05, 4.69) is 9.98 Å². The first kappa shape index (κ1) is 20.7. The molecule has 0 aromatic heterocycles. The second kappa shape index (κ2) is 7.96. The third-order valence-electron chi connectivity index (χ3n) is 4.67. The molecule has 0 bridgehead atoms. The van der Waals surface area contributed by atoms with Crippen molar-refractivity contribution in [3.05, 3.63) is 47.0 Å². The molecule has 0 aliphatic carbocycles. The summed E-state index contributed by atoms with van der Waals surface area (Å²) in [4.78, 5) is 10.6. The minimum absolute atomic E-state index is 0.162. The number of rotatable bonds is 6. The fourth-order valence-corrected chi connectivity index (χ4v) is 4.47. The van der Waals surface area contributed by atoms with Gasteiger partial charge in [-0.3, -0.25) is 9.71 Å². The van der Waals surface area contributed by atoms with Gasteiger partial charge in [-0.1, -0.05) is 6.92 Å². The van der Waals surface area contributed by atoms with Gasteiger partial charge >= 0.3 is 0 Å². The predicted octanol–water partition coefficient (Wildman–Crippen LogP) is 3.52. The molecule has 2 aliphatic rings. The Labute approximate surface area is 177 Å². The number of sulfonamides is 1. The zero-order valence-corrected chi connectivity index (χ0v) is 17.2. The van der Waals surface area contributed by atoms with Crippen molar-refractivity contribution in [1.29, 1.82) is 5.26 Å². The molecule has 0 spiro atoms. The van der Waals surface area contributed by atoms with Crippen LogP contribution in [0.2, 0.25) is 0 Å². The summed E-state index contributed by atoms with van der Waals surface area (Å²) < 4.78 is 60.7. The van der Waals surface area contributed by atoms with E-state index in [0.717, 1.165) is 0 Å². The molecule has 160 valence electrons. The van der Waals surface area contributed by atoms with Gasteiger partial charge in [-0.15, -0.1) is 0 Å². The second-order valence-electron chi connectivity index (χ2n) is 6.88. The number of nitrogens with one attached hydrogen (secondary N) is 1. The van der Waals surface area contributed by atoms with E-state index in [-0.39, 0.29) is 17.9 Å². The SMILES string of the molecule is CCCS(=O)(=O)Nc1c(F)cc(F)c(Oc2ccc3c(c2)C2=NCCN2C=N3)c1C#N. The number of halogens is 2. The highest BCUT2D eigenvalue weighted by Crippen LogP contribution is 2.37. The van der Waals surface area contributed by atoms with Gasteiger partial charge in [0.05, 0.1) is 24.3 Å². The molecule has 2 aromatic carbocycles. The molecule has 0 saturated carbocycles. The Morgan fingerprint density at radius 1 is 1.29 bits per heavy atom. The van der Waals surface area contributed by atoms with Crippen molar-refractivity contribution in [3.63, 3.8) is 0 Å². The quantitative estimate of drug-likeness (QED) is 0.732. The Bertz CT molecular complexity index is 1270. The summed E-state index contributed by atoms with van der Waals surface area (Å²) in [5.74, 6) is -2.35. The van der Waals surface area contributed by atoms with Gasteiger partial charge in [0.2, 0.25) is 10.0 Å². The van der Waals surface area contributed by atoms with Crippen molar-refractivity contribution in [3.8, 4) is 17.6 Å². The minimum atomic E-state index is -3.92. The van der Waals surface area contributed by atoms with E-state index in [0.29, 0.717) is 36.2 Å². The Balaban J connectivity index is 1.74. The second-order valence-corrected chi connectivity index (χ2v) is 8.72. The summed E-state index contributed by atoms with van der Waals surface area (Å²) >= 11 is 0. The van der Waals surface area contributed by atoms with Crippen LogP contribution in [0, 0.1) is 23.0 Å². The lowest BCUT2D eigenvalue weighted by Crippen LogP contribution is -2.29. The van der Waals surface area contributed by atoms with E-state index in [1.165, 1.54) is 6.07 Å². The molecule has 0 atom stereocenters. The molecular weight excluding hydrogens is 428 g/mol. The average molecular weight is 445 g/mol. The van der Waals surface area contributed by atoms with E-state index in [1.54, 1.807) is 31.5 Å². The van der Waals surface area contributed by atoms with Crippen LogP contribution in [-0.4, -0.2) is 44.3 Å². The largest absolute Gasteiger partial charge is 0.453 e. The molecular formula is C20H17F2N5O3S. The van der Waals surface area contributed by atoms with Crippen molar-refractivity contribution in [2.75, 3.05) is 23.6 Å². The van der Waals surface area contributed by atoms with Gasteiger partial charge in [-0.2, -0.15) is 5.26 Å². The summed E-state index contributed by atoms with van der Waals surface area (Å²) in [6.07, 6.45) is 1.96. The first-order valence-electron chi connectivity index (χ1n) is 9.43. The number of nitrogens with zero attached hydrogens (tertiary/aromatic N) is 4. The van der Waals surface area contributed by atoms with Crippen LogP contribution in [0.15, 0.2) is 34.3 Å². The monoisotopic (exact) mass is 445 g/mol. The zero-order chi connectivity index (χ0) is 22.2. The first-order valence-corrected chi connectivity index (χ1v) is 11.1. The number of hydrogen-bond acceptors (Lipinski definition) is 7. The highest BCUT2D eigenvalue weighted by molar-refractivity contribution is 7.92. The normalized spacial score (nSPS) is 14.5. The summed E-state index contributed by atoms with van der Waals surface area (Å²) in [7, 11) is -3.92. The predicted molar refractivity (Wildman–Crippen MR) is 112 cm³/mol. The maximum Gasteiger partial charge on any atom is 0.232 e. The number of hydrogen-bond donors (Lipinski definition) is 1. The molecule has 8 nitrogen and oxygen atoms in total. The molecule has 0 radical (unpaired) electrons. The molecule has 11 heteroatoms. The Morgan fingerprint density at radius 2 is 2.10 bits per heavy atom. The van der Waals surface area contributed by atoms with Crippen LogP contribution in [0.5, 0.6) is 11.5 Å². The Hall–Kier alpha value is -3.52. The molecule has 2 heterocycles. The Morgan fingerprint density at radius 3 is 2.84 bits per heavy atom. The number of nitriles is 1. The van der Waals surface area contributed by atoms with E-state index in [1.807, 2.05) is 9.62 Å². The number of anilines is 1. The highest BCUT2D eigenvalue weighted by Gasteiger charge is 2.26. The van der Waals surface area contributed by atoms with Crippen LogP contribution in [0.3, 0.4) is 0 Å². The highest BCUT2D eigenvalue weighted by atomic mass is 32.2. The first-order chi connectivity index (χ1) is 14.8. The van der Waals surface area contributed by atoms with Crippen molar-refractivity contribution in [2.45, 2.75) is 13.3 Å². The summed E-state index contributed by atoms with van der Waals surface area (Å²) in [5, 5.41) is 9.53. The minimum Gasteiger partial charge on any atom is -0.453 e. The number of fused-ring (bicyclic) bond motifs is 3. The van der Waals surface area contributed by atoms with E-state index < -0.39 is 38.7 Å². The van der Waals surface area contributed by atoms with Crippen LogP contribution < -0.4 is 9.46 Å². The lowest BCUT2D eigenvalue weighted by molar-refractivity contribution is 0.436. The lowest BCUT2D eigenvalue weighted by atomic mass is 10.1. The average Bonchev–Trinajstić information content (AvgIpc) is 3.21. The van der Waals surface area contributed by atoms with Crippen molar-refractivity contribution in [2.24, 2.45) is 9.98 Å². The molecule has 4 rings (SSSR count). The number of aliphatic imine (C=N–C) groups is 2. The molecule has 0 unspecified atom stereocenters. The molecule has 0 saturated heterocycles. The number of benzene rings is 2. The summed E-state index contributed by atoms with van der Waals surface area (Å²) in [5.41, 5.74) is 0.0776. The zero-order valence-electron chi connectivity index (χ0n) is 16.4. The van der Waals surface area contributed by atoms with Crippen LogP contribution in [-0.2, 0) is 10.0 Å². The maximum absolute atomic E-state index is 14.5. The fourth-order valence-electron chi connectivity index (χ4n) is 3.32. The number of amidine groups is 1. The van der Waals surface area contributed by atoms with Gasteiger partial charge in [-0.25, -0.2) is 22.2 Å². The smallest absolute Gasteiger partial charge is 0.232 e. The van der Waals surface area contributed by atoms with E-state index >= 15 is 0 Å². The summed E-state index contributed by atoms with van der Waals surface area (Å²) in [6.45, 7) is 2.93. The molecule has 0 amide bonds. The third-order valence-corrected chi connectivity index (χ3v) is 6.13. The maximum atomic E-state index is 14.5. The topological polar surface area (TPSA) is 107 Å². The van der Waals surface area contributed by atoms with Crippen molar-refractivity contribution < 1.29 is 21.9 Å². The number of ether oxygens (including phenoxy) is 1. The molecule has 31 heavy (non-hydrogen) atoms.